The third kappa shape index (κ3) is 5.89. The summed E-state index contributed by atoms with van der Waals surface area (Å²) in [5, 5.41) is 22.5. The fraction of sp³-hybridized carbons (Fsp3) is 0.476. The first-order valence-electron chi connectivity index (χ1n) is 9.43. The number of allylic oxidation sites excluding steroid dienone is 2. The van der Waals surface area contributed by atoms with Crippen molar-refractivity contribution in [1.29, 1.82) is 0 Å². The number of hydrogen-bond donors (Lipinski definition) is 3. The summed E-state index contributed by atoms with van der Waals surface area (Å²) in [6, 6.07) is -0.326. The Morgan fingerprint density at radius 2 is 2.29 bits per heavy atom. The molecule has 6 nitrogen and oxygen atoms in total. The number of nitrogens with zero attached hydrogens (tertiary/aromatic N) is 2. The number of halogens is 1. The van der Waals surface area contributed by atoms with E-state index in [0.29, 0.717) is 19.5 Å². The Kier molecular flexibility index (Phi) is 8.63. The minimum absolute atomic E-state index is 0.0735. The van der Waals surface area contributed by atoms with Gasteiger partial charge in [-0.1, -0.05) is 18.7 Å². The van der Waals surface area contributed by atoms with E-state index in [4.69, 9.17) is 4.74 Å². The third-order valence-corrected chi connectivity index (χ3v) is 5.12. The van der Waals surface area contributed by atoms with Crippen LogP contribution in [0.3, 0.4) is 0 Å². The van der Waals surface area contributed by atoms with Gasteiger partial charge in [-0.2, -0.15) is 0 Å². The molecule has 0 aromatic heterocycles. The molecule has 0 amide bonds. The molecule has 7 heteroatoms. The minimum atomic E-state index is -1.45. The van der Waals surface area contributed by atoms with Crippen molar-refractivity contribution in [2.45, 2.75) is 31.7 Å². The summed E-state index contributed by atoms with van der Waals surface area (Å²) in [5.74, 6) is 0.481. The van der Waals surface area contributed by atoms with Crippen LogP contribution < -0.4 is 5.32 Å². The maximum Gasteiger partial charge on any atom is 0.159 e. The van der Waals surface area contributed by atoms with Gasteiger partial charge in [0.1, 0.15) is 5.76 Å². The zero-order valence-electron chi connectivity index (χ0n) is 16.4. The molecular weight excluding hydrogens is 361 g/mol. The molecule has 4 atom stereocenters. The third-order valence-electron chi connectivity index (χ3n) is 5.12. The highest BCUT2D eigenvalue weighted by Crippen LogP contribution is 2.27. The smallest absolute Gasteiger partial charge is 0.159 e. The topological polar surface area (TPSA) is 77.3 Å². The first-order chi connectivity index (χ1) is 13.5. The van der Waals surface area contributed by atoms with Crippen molar-refractivity contribution in [3.8, 4) is 0 Å². The van der Waals surface area contributed by atoms with Crippen molar-refractivity contribution in [1.82, 2.24) is 10.2 Å². The summed E-state index contributed by atoms with van der Waals surface area (Å²) in [6.07, 6.45) is 11.9. The van der Waals surface area contributed by atoms with E-state index in [2.05, 4.69) is 16.9 Å². The Labute approximate surface area is 166 Å². The van der Waals surface area contributed by atoms with Crippen LogP contribution in [-0.2, 0) is 4.74 Å². The minimum Gasteiger partial charge on any atom is -0.493 e. The molecular formula is C21H30FN3O3. The van der Waals surface area contributed by atoms with Crippen LogP contribution in [0.1, 0.15) is 13.3 Å². The van der Waals surface area contributed by atoms with Crippen molar-refractivity contribution >= 4 is 6.21 Å². The molecule has 2 aliphatic heterocycles. The van der Waals surface area contributed by atoms with Crippen LogP contribution in [-0.4, -0.2) is 59.9 Å². The molecule has 0 spiro atoms. The standard InChI is InChI=1S/C21H30FN3O3/c1-4-17-16(13-24-19-14-23-10-6-18(19)21(26)27)8-12-28-20(17)7-11-25(3)15(2)5-9-22/h4-7,9-11,14-16,18-19,21,24,26-27H,1,8,12-13H2,2-3H3/b9-5+,11-7+/t15?,16-,18?,19?/m0/s1. The van der Waals surface area contributed by atoms with Crippen molar-refractivity contribution in [2.75, 3.05) is 20.2 Å². The lowest BCUT2D eigenvalue weighted by Gasteiger charge is -2.31. The van der Waals surface area contributed by atoms with Gasteiger partial charge in [-0.05, 0) is 31.1 Å². The Bertz CT molecular complexity index is 670. The van der Waals surface area contributed by atoms with Gasteiger partial charge < -0.3 is 25.2 Å². The molecule has 2 aliphatic rings. The fourth-order valence-corrected chi connectivity index (χ4v) is 3.20. The van der Waals surface area contributed by atoms with Crippen LogP contribution in [0.2, 0.25) is 0 Å². The van der Waals surface area contributed by atoms with Crippen LogP contribution in [0.5, 0.6) is 0 Å². The highest BCUT2D eigenvalue weighted by atomic mass is 19.1. The van der Waals surface area contributed by atoms with Crippen molar-refractivity contribution in [2.24, 2.45) is 16.8 Å². The summed E-state index contributed by atoms with van der Waals surface area (Å²) in [5.41, 5.74) is 0.987. The average molecular weight is 391 g/mol. The number of likely N-dealkylation sites (N-methyl/N-ethyl adjacent to an activating group) is 1. The maximum absolute atomic E-state index is 12.4. The summed E-state index contributed by atoms with van der Waals surface area (Å²) >= 11 is 0. The van der Waals surface area contributed by atoms with Gasteiger partial charge in [0, 0.05) is 50.1 Å². The molecule has 154 valence electrons. The Morgan fingerprint density at radius 1 is 1.50 bits per heavy atom. The second-order valence-corrected chi connectivity index (χ2v) is 6.96. The summed E-state index contributed by atoms with van der Waals surface area (Å²) < 4.78 is 18.2. The predicted molar refractivity (Wildman–Crippen MR) is 109 cm³/mol. The van der Waals surface area contributed by atoms with Gasteiger partial charge in [0.15, 0.2) is 6.29 Å². The molecule has 2 heterocycles. The Morgan fingerprint density at radius 3 is 2.96 bits per heavy atom. The van der Waals surface area contributed by atoms with E-state index in [0.717, 1.165) is 17.8 Å². The quantitative estimate of drug-likeness (QED) is 0.526. The van der Waals surface area contributed by atoms with Gasteiger partial charge in [-0.25, -0.2) is 4.39 Å². The largest absolute Gasteiger partial charge is 0.493 e. The van der Waals surface area contributed by atoms with Crippen LogP contribution >= 0.6 is 0 Å². The van der Waals surface area contributed by atoms with Gasteiger partial charge in [0.25, 0.3) is 0 Å². The van der Waals surface area contributed by atoms with Crippen LogP contribution in [0.25, 0.3) is 0 Å². The number of aliphatic hydroxyl groups is 2. The average Bonchev–Trinajstić information content (AvgIpc) is 2.70. The van der Waals surface area contributed by atoms with E-state index in [-0.39, 0.29) is 18.0 Å². The van der Waals surface area contributed by atoms with E-state index in [1.54, 1.807) is 24.6 Å². The lowest BCUT2D eigenvalue weighted by Crippen LogP contribution is -2.45. The molecule has 0 fully saturated rings. The first-order valence-corrected chi connectivity index (χ1v) is 9.43. The fourth-order valence-electron chi connectivity index (χ4n) is 3.20. The Hall–Kier alpha value is -2.22. The zero-order valence-corrected chi connectivity index (χ0v) is 16.4. The molecule has 0 bridgehead atoms. The SMILES string of the molecule is C=CC1=C(/C=C/N(C)C(C)/C=C/F)OCC[C@H]1CNC1C=NC=CC1C(O)O. The van der Waals surface area contributed by atoms with Gasteiger partial charge in [-0.15, -0.1) is 0 Å². The first kappa shape index (κ1) is 22.1. The molecule has 28 heavy (non-hydrogen) atoms. The van der Waals surface area contributed by atoms with Gasteiger partial charge >= 0.3 is 0 Å². The number of aliphatic imine (C=N–C) groups is 1. The molecule has 2 rings (SSSR count). The molecule has 0 saturated heterocycles. The van der Waals surface area contributed by atoms with Gasteiger partial charge in [0.2, 0.25) is 0 Å². The molecule has 0 saturated carbocycles. The summed E-state index contributed by atoms with van der Waals surface area (Å²) in [4.78, 5) is 5.98. The predicted octanol–water partition coefficient (Wildman–Crippen LogP) is 2.26. The van der Waals surface area contributed by atoms with Crippen molar-refractivity contribution < 1.29 is 19.3 Å². The van der Waals surface area contributed by atoms with E-state index < -0.39 is 12.2 Å². The molecule has 3 unspecified atom stereocenters. The van der Waals surface area contributed by atoms with Crippen LogP contribution in [0.15, 0.2) is 65.9 Å². The number of nitrogens with one attached hydrogen (secondary N) is 1. The molecule has 3 N–H and O–H groups in total. The van der Waals surface area contributed by atoms with Crippen molar-refractivity contribution in [3.05, 3.63) is 60.9 Å². The van der Waals surface area contributed by atoms with E-state index in [1.807, 2.05) is 31.1 Å². The van der Waals surface area contributed by atoms with Crippen LogP contribution in [0.4, 0.5) is 4.39 Å². The number of aliphatic hydroxyl groups excluding tert-OH is 1. The second-order valence-electron chi connectivity index (χ2n) is 6.96. The monoisotopic (exact) mass is 391 g/mol. The van der Waals surface area contributed by atoms with Crippen molar-refractivity contribution in [3.63, 3.8) is 0 Å². The zero-order chi connectivity index (χ0) is 20.5. The van der Waals surface area contributed by atoms with E-state index in [1.165, 1.54) is 6.08 Å². The highest BCUT2D eigenvalue weighted by molar-refractivity contribution is 5.67. The Balaban J connectivity index is 2.06. The molecule has 0 aromatic carbocycles. The number of hydrogen-bond acceptors (Lipinski definition) is 6. The second kappa shape index (κ2) is 10.9. The van der Waals surface area contributed by atoms with Crippen LogP contribution in [0, 0.1) is 11.8 Å². The maximum atomic E-state index is 12.4. The number of rotatable bonds is 9. The molecule has 0 radical (unpaired) electrons. The highest BCUT2D eigenvalue weighted by Gasteiger charge is 2.27. The van der Waals surface area contributed by atoms with Gasteiger partial charge in [-0.3, -0.25) is 4.99 Å². The lowest BCUT2D eigenvalue weighted by molar-refractivity contribution is -0.0737. The molecule has 0 aromatic rings. The van der Waals surface area contributed by atoms with E-state index >= 15 is 0 Å². The normalized spacial score (nSPS) is 26.3. The summed E-state index contributed by atoms with van der Waals surface area (Å²) in [6.45, 7) is 7.03. The lowest BCUT2D eigenvalue weighted by atomic mass is 9.91. The molecule has 0 aliphatic carbocycles. The summed E-state index contributed by atoms with van der Waals surface area (Å²) in [7, 11) is 1.87. The van der Waals surface area contributed by atoms with Gasteiger partial charge in [0.05, 0.1) is 19.0 Å². The van der Waals surface area contributed by atoms with E-state index in [9.17, 15) is 14.6 Å². The number of ether oxygens (including phenoxy) is 1.